The van der Waals surface area contributed by atoms with Crippen molar-refractivity contribution < 1.29 is 19.8 Å². The number of phenolic OH excluding ortho intramolecular Hbond substituents is 1. The van der Waals surface area contributed by atoms with Crippen LogP contribution in [0.2, 0.25) is 0 Å². The minimum absolute atomic E-state index is 0.0828. The largest absolute Gasteiger partial charge is 0.508 e. The molecule has 6 heteroatoms. The van der Waals surface area contributed by atoms with Crippen LogP contribution in [0.15, 0.2) is 18.2 Å². The number of amides is 2. The van der Waals surface area contributed by atoms with E-state index < -0.39 is 12.0 Å². The molecular formula is C15H22N2O4. The van der Waals surface area contributed by atoms with E-state index in [2.05, 4.69) is 5.32 Å². The normalized spacial score (nSPS) is 11.8. The number of carbonyl (C=O) groups is 2. The van der Waals surface area contributed by atoms with Crippen LogP contribution in [0.4, 0.5) is 10.5 Å². The standard InChI is InChI=1S/C15H22N2O4/c1-4-11(8-14(19)20)16-15(21)17(5-2)13-9-12(18)7-6-10(13)3/h6-7,9,11,18H,4-5,8H2,1-3H3,(H,16,21)(H,19,20). The minimum Gasteiger partial charge on any atom is -0.508 e. The Balaban J connectivity index is 2.91. The molecule has 116 valence electrons. The minimum atomic E-state index is -0.946. The van der Waals surface area contributed by atoms with Gasteiger partial charge < -0.3 is 15.5 Å². The molecule has 0 saturated carbocycles. The Bertz CT molecular complexity index is 516. The second kappa shape index (κ2) is 7.52. The second-order valence-electron chi connectivity index (χ2n) is 4.87. The molecule has 1 rings (SSSR count). The van der Waals surface area contributed by atoms with Crippen LogP contribution in [0.3, 0.4) is 0 Å². The number of benzene rings is 1. The number of phenols is 1. The third-order valence-electron chi connectivity index (χ3n) is 3.29. The number of carboxylic acid groups (broad SMARTS) is 1. The molecule has 0 aliphatic carbocycles. The van der Waals surface area contributed by atoms with Crippen molar-refractivity contribution in [2.24, 2.45) is 0 Å². The average Bonchev–Trinajstić information content (AvgIpc) is 2.42. The van der Waals surface area contributed by atoms with E-state index in [9.17, 15) is 14.7 Å². The Morgan fingerprint density at radius 1 is 1.33 bits per heavy atom. The molecule has 2 amide bonds. The third-order valence-corrected chi connectivity index (χ3v) is 3.29. The summed E-state index contributed by atoms with van der Waals surface area (Å²) in [5.41, 5.74) is 1.47. The third kappa shape index (κ3) is 4.66. The van der Waals surface area contributed by atoms with Crippen molar-refractivity contribution in [3.63, 3.8) is 0 Å². The highest BCUT2D eigenvalue weighted by Crippen LogP contribution is 2.25. The first-order valence-electron chi connectivity index (χ1n) is 6.98. The summed E-state index contributed by atoms with van der Waals surface area (Å²) >= 11 is 0. The predicted octanol–water partition coefficient (Wildman–Crippen LogP) is 2.49. The fourth-order valence-corrected chi connectivity index (χ4v) is 2.07. The maximum atomic E-state index is 12.3. The Hall–Kier alpha value is -2.24. The van der Waals surface area contributed by atoms with Gasteiger partial charge in [0.05, 0.1) is 12.1 Å². The number of hydrogen-bond acceptors (Lipinski definition) is 3. The molecule has 0 spiro atoms. The summed E-state index contributed by atoms with van der Waals surface area (Å²) < 4.78 is 0. The number of nitrogens with one attached hydrogen (secondary N) is 1. The van der Waals surface area contributed by atoms with Gasteiger partial charge in [0.25, 0.3) is 0 Å². The molecule has 0 aliphatic rings. The fraction of sp³-hybridized carbons (Fsp3) is 0.467. The number of rotatable bonds is 6. The lowest BCUT2D eigenvalue weighted by molar-refractivity contribution is -0.137. The van der Waals surface area contributed by atoms with Gasteiger partial charge in [-0.15, -0.1) is 0 Å². The lowest BCUT2D eigenvalue weighted by Crippen LogP contribution is -2.45. The van der Waals surface area contributed by atoms with Gasteiger partial charge >= 0.3 is 12.0 Å². The first kappa shape index (κ1) is 16.8. The molecule has 1 unspecified atom stereocenters. The zero-order valence-electron chi connectivity index (χ0n) is 12.6. The van der Waals surface area contributed by atoms with Crippen LogP contribution < -0.4 is 10.2 Å². The highest BCUT2D eigenvalue weighted by molar-refractivity contribution is 5.93. The van der Waals surface area contributed by atoms with Gasteiger partial charge in [-0.25, -0.2) is 4.79 Å². The van der Waals surface area contributed by atoms with Gasteiger partial charge in [0, 0.05) is 18.7 Å². The van der Waals surface area contributed by atoms with E-state index in [1.165, 1.54) is 11.0 Å². The highest BCUT2D eigenvalue weighted by Gasteiger charge is 2.20. The first-order valence-corrected chi connectivity index (χ1v) is 6.98. The van der Waals surface area contributed by atoms with Gasteiger partial charge in [0.15, 0.2) is 0 Å². The Morgan fingerprint density at radius 3 is 2.52 bits per heavy atom. The van der Waals surface area contributed by atoms with Crippen LogP contribution in [0.25, 0.3) is 0 Å². The molecule has 3 N–H and O–H groups in total. The van der Waals surface area contributed by atoms with E-state index in [-0.39, 0.29) is 18.2 Å². The van der Waals surface area contributed by atoms with Crippen LogP contribution in [0, 0.1) is 6.92 Å². The molecule has 1 atom stereocenters. The van der Waals surface area contributed by atoms with Crippen LogP contribution in [-0.4, -0.2) is 34.8 Å². The van der Waals surface area contributed by atoms with Gasteiger partial charge in [0.2, 0.25) is 0 Å². The van der Waals surface area contributed by atoms with Crippen molar-refractivity contribution in [1.29, 1.82) is 0 Å². The summed E-state index contributed by atoms with van der Waals surface area (Å²) in [5, 5.41) is 21.1. The van der Waals surface area contributed by atoms with Crippen LogP contribution in [0.1, 0.15) is 32.3 Å². The van der Waals surface area contributed by atoms with E-state index >= 15 is 0 Å². The number of carbonyl (C=O) groups excluding carboxylic acids is 1. The summed E-state index contributed by atoms with van der Waals surface area (Å²) in [5.74, 6) is -0.863. The summed E-state index contributed by atoms with van der Waals surface area (Å²) in [7, 11) is 0. The Kier molecular flexibility index (Phi) is 6.02. The molecule has 1 aromatic rings. The maximum Gasteiger partial charge on any atom is 0.322 e. The average molecular weight is 294 g/mol. The van der Waals surface area contributed by atoms with E-state index in [1.54, 1.807) is 12.1 Å². The molecule has 0 aliphatic heterocycles. The number of urea groups is 1. The van der Waals surface area contributed by atoms with E-state index in [0.717, 1.165) is 5.56 Å². The van der Waals surface area contributed by atoms with Crippen molar-refractivity contribution >= 4 is 17.7 Å². The van der Waals surface area contributed by atoms with Crippen LogP contribution in [0.5, 0.6) is 5.75 Å². The Morgan fingerprint density at radius 2 is 2.00 bits per heavy atom. The monoisotopic (exact) mass is 294 g/mol. The lowest BCUT2D eigenvalue weighted by Gasteiger charge is -2.26. The molecule has 0 heterocycles. The molecule has 0 radical (unpaired) electrons. The molecule has 6 nitrogen and oxygen atoms in total. The molecule has 21 heavy (non-hydrogen) atoms. The van der Waals surface area contributed by atoms with Gasteiger partial charge in [0.1, 0.15) is 5.75 Å². The van der Waals surface area contributed by atoms with Crippen molar-refractivity contribution in [3.05, 3.63) is 23.8 Å². The van der Waals surface area contributed by atoms with Gasteiger partial charge in [-0.2, -0.15) is 0 Å². The second-order valence-corrected chi connectivity index (χ2v) is 4.87. The van der Waals surface area contributed by atoms with Gasteiger partial charge in [-0.1, -0.05) is 13.0 Å². The van der Waals surface area contributed by atoms with Crippen LogP contribution >= 0.6 is 0 Å². The number of aliphatic carboxylic acids is 1. The fourth-order valence-electron chi connectivity index (χ4n) is 2.07. The van der Waals surface area contributed by atoms with E-state index in [0.29, 0.717) is 18.7 Å². The molecule has 1 aromatic carbocycles. The number of hydrogen-bond donors (Lipinski definition) is 3. The quantitative estimate of drug-likeness (QED) is 0.752. The van der Waals surface area contributed by atoms with Gasteiger partial charge in [-0.3, -0.25) is 9.69 Å². The molecule has 0 aromatic heterocycles. The molecule has 0 bridgehead atoms. The number of aryl methyl sites for hydroxylation is 1. The lowest BCUT2D eigenvalue weighted by atomic mass is 10.1. The van der Waals surface area contributed by atoms with E-state index in [4.69, 9.17) is 5.11 Å². The summed E-state index contributed by atoms with van der Waals surface area (Å²) in [6, 6.07) is 4.04. The SMILES string of the molecule is CCC(CC(=O)O)NC(=O)N(CC)c1cc(O)ccc1C. The number of anilines is 1. The molecule has 0 fully saturated rings. The van der Waals surface area contributed by atoms with Crippen molar-refractivity contribution in [1.82, 2.24) is 5.32 Å². The first-order chi connectivity index (χ1) is 9.88. The van der Waals surface area contributed by atoms with Crippen molar-refractivity contribution in [2.75, 3.05) is 11.4 Å². The summed E-state index contributed by atoms with van der Waals surface area (Å²) in [6.07, 6.45) is 0.424. The van der Waals surface area contributed by atoms with E-state index in [1.807, 2.05) is 20.8 Å². The molecule has 0 saturated heterocycles. The summed E-state index contributed by atoms with van der Waals surface area (Å²) in [4.78, 5) is 24.6. The van der Waals surface area contributed by atoms with Crippen molar-refractivity contribution in [3.8, 4) is 5.75 Å². The summed E-state index contributed by atoms with van der Waals surface area (Å²) in [6.45, 7) is 5.91. The zero-order valence-corrected chi connectivity index (χ0v) is 12.6. The van der Waals surface area contributed by atoms with Gasteiger partial charge in [-0.05, 0) is 31.9 Å². The van der Waals surface area contributed by atoms with Crippen molar-refractivity contribution in [2.45, 2.75) is 39.7 Å². The maximum absolute atomic E-state index is 12.3. The predicted molar refractivity (Wildman–Crippen MR) is 80.7 cm³/mol. The van der Waals surface area contributed by atoms with Crippen LogP contribution in [-0.2, 0) is 4.79 Å². The topological polar surface area (TPSA) is 89.9 Å². The smallest absolute Gasteiger partial charge is 0.322 e. The number of nitrogens with zero attached hydrogens (tertiary/aromatic N) is 1. The highest BCUT2D eigenvalue weighted by atomic mass is 16.4. The molecular weight excluding hydrogens is 272 g/mol. The number of carboxylic acids is 1. The zero-order chi connectivity index (χ0) is 16.0. The Labute approximate surface area is 124 Å². The number of aromatic hydroxyl groups is 1.